The molecule has 1 fully saturated rings. The van der Waals surface area contributed by atoms with Crippen molar-refractivity contribution in [2.75, 3.05) is 13.1 Å². The molecular formula is C18H20N2O3. The van der Waals surface area contributed by atoms with E-state index < -0.39 is 11.2 Å². The average Bonchev–Trinajstić information content (AvgIpc) is 2.87. The molecule has 2 aliphatic rings. The molecule has 0 saturated carbocycles. The predicted molar refractivity (Wildman–Crippen MR) is 87.0 cm³/mol. The summed E-state index contributed by atoms with van der Waals surface area (Å²) in [4.78, 5) is 19.1. The van der Waals surface area contributed by atoms with E-state index in [1.165, 1.54) is 0 Å². The summed E-state index contributed by atoms with van der Waals surface area (Å²) >= 11 is 0. The summed E-state index contributed by atoms with van der Waals surface area (Å²) in [5, 5.41) is 4.06. The monoisotopic (exact) mass is 312 g/mol. The minimum atomic E-state index is -0.487. The van der Waals surface area contributed by atoms with Crippen LogP contribution in [0.3, 0.4) is 0 Å². The molecule has 0 N–H and O–H groups in total. The molecule has 120 valence electrons. The van der Waals surface area contributed by atoms with Crippen molar-refractivity contribution in [3.05, 3.63) is 35.9 Å². The Hall–Kier alpha value is -2.48. The number of nitrogens with zero attached hydrogens (tertiary/aromatic N) is 2. The van der Waals surface area contributed by atoms with Crippen LogP contribution >= 0.6 is 0 Å². The van der Waals surface area contributed by atoms with Crippen molar-refractivity contribution >= 4 is 11.8 Å². The van der Waals surface area contributed by atoms with Crippen molar-refractivity contribution in [2.24, 2.45) is 5.16 Å². The van der Waals surface area contributed by atoms with Gasteiger partial charge in [0.15, 0.2) is 5.60 Å². The molecular weight excluding hydrogens is 292 g/mol. The van der Waals surface area contributed by atoms with E-state index in [4.69, 9.17) is 9.57 Å². The van der Waals surface area contributed by atoms with Gasteiger partial charge in [-0.05, 0) is 38.8 Å². The molecule has 0 aliphatic carbocycles. The fraction of sp³-hybridized carbons (Fsp3) is 0.444. The molecule has 3 rings (SSSR count). The first-order valence-corrected chi connectivity index (χ1v) is 7.65. The Bertz CT molecular complexity index is 686. The number of benzene rings is 1. The van der Waals surface area contributed by atoms with E-state index in [9.17, 15) is 4.79 Å². The van der Waals surface area contributed by atoms with E-state index in [2.05, 4.69) is 17.0 Å². The van der Waals surface area contributed by atoms with Crippen LogP contribution in [0.1, 0.15) is 32.8 Å². The fourth-order valence-electron chi connectivity index (χ4n) is 2.53. The minimum Gasteiger partial charge on any atom is -0.444 e. The Morgan fingerprint density at radius 2 is 1.96 bits per heavy atom. The molecule has 1 saturated heterocycles. The Kier molecular flexibility index (Phi) is 3.77. The molecule has 0 bridgehead atoms. The van der Waals surface area contributed by atoms with Crippen LogP contribution in [-0.2, 0) is 9.57 Å². The topological polar surface area (TPSA) is 51.1 Å². The third-order valence-corrected chi connectivity index (χ3v) is 3.57. The summed E-state index contributed by atoms with van der Waals surface area (Å²) in [6.45, 7) is 6.54. The zero-order valence-electron chi connectivity index (χ0n) is 13.6. The quantitative estimate of drug-likeness (QED) is 0.692. The number of likely N-dealkylation sites (tertiary alicyclic amines) is 1. The molecule has 2 heterocycles. The van der Waals surface area contributed by atoms with Gasteiger partial charge in [0, 0.05) is 12.0 Å². The van der Waals surface area contributed by atoms with Gasteiger partial charge in [-0.2, -0.15) is 0 Å². The maximum Gasteiger partial charge on any atom is 0.410 e. The third-order valence-electron chi connectivity index (χ3n) is 3.57. The van der Waals surface area contributed by atoms with Gasteiger partial charge in [-0.15, -0.1) is 0 Å². The van der Waals surface area contributed by atoms with Crippen LogP contribution in [0.2, 0.25) is 0 Å². The second kappa shape index (κ2) is 5.62. The number of hydrogen-bond acceptors (Lipinski definition) is 4. The van der Waals surface area contributed by atoms with Crippen LogP contribution in [0.5, 0.6) is 0 Å². The van der Waals surface area contributed by atoms with Crippen molar-refractivity contribution in [2.45, 2.75) is 38.4 Å². The zero-order valence-corrected chi connectivity index (χ0v) is 13.6. The van der Waals surface area contributed by atoms with E-state index in [-0.39, 0.29) is 6.09 Å². The number of oxime groups is 1. The Labute approximate surface area is 136 Å². The molecule has 1 spiro atoms. The van der Waals surface area contributed by atoms with Gasteiger partial charge in [0.05, 0.1) is 13.1 Å². The average molecular weight is 312 g/mol. The highest BCUT2D eigenvalue weighted by molar-refractivity contribution is 6.02. The van der Waals surface area contributed by atoms with Gasteiger partial charge < -0.3 is 9.57 Å². The maximum absolute atomic E-state index is 12.0. The van der Waals surface area contributed by atoms with Gasteiger partial charge in [0.25, 0.3) is 0 Å². The largest absolute Gasteiger partial charge is 0.444 e. The highest BCUT2D eigenvalue weighted by Gasteiger charge is 2.52. The van der Waals surface area contributed by atoms with Gasteiger partial charge >= 0.3 is 6.09 Å². The lowest BCUT2D eigenvalue weighted by molar-refractivity contribution is -0.122. The molecule has 0 unspecified atom stereocenters. The Morgan fingerprint density at radius 3 is 2.61 bits per heavy atom. The molecule has 5 nitrogen and oxygen atoms in total. The highest BCUT2D eigenvalue weighted by atomic mass is 16.7. The van der Waals surface area contributed by atoms with Crippen molar-refractivity contribution in [3.8, 4) is 11.8 Å². The lowest BCUT2D eigenvalue weighted by Crippen LogP contribution is -2.64. The molecule has 0 atom stereocenters. The molecule has 0 radical (unpaired) electrons. The lowest BCUT2D eigenvalue weighted by Gasteiger charge is -2.45. The van der Waals surface area contributed by atoms with Crippen LogP contribution < -0.4 is 0 Å². The van der Waals surface area contributed by atoms with Crippen molar-refractivity contribution < 1.29 is 14.4 Å². The van der Waals surface area contributed by atoms with E-state index in [1.54, 1.807) is 4.90 Å². The second-order valence-electron chi connectivity index (χ2n) is 6.94. The minimum absolute atomic E-state index is 0.310. The van der Waals surface area contributed by atoms with Gasteiger partial charge in [-0.25, -0.2) is 4.79 Å². The first kappa shape index (κ1) is 15.4. The van der Waals surface area contributed by atoms with E-state index in [1.807, 2.05) is 51.1 Å². The molecule has 1 aromatic carbocycles. The summed E-state index contributed by atoms with van der Waals surface area (Å²) < 4.78 is 5.34. The second-order valence-corrected chi connectivity index (χ2v) is 6.94. The molecule has 0 aromatic heterocycles. The lowest BCUT2D eigenvalue weighted by atomic mass is 9.89. The van der Waals surface area contributed by atoms with Crippen LogP contribution in [0, 0.1) is 11.8 Å². The van der Waals surface area contributed by atoms with E-state index >= 15 is 0 Å². The summed E-state index contributed by atoms with van der Waals surface area (Å²) in [5.74, 6) is 6.12. The SMILES string of the molecule is CC(C)(C)OC(=O)N1CC2(CC(C#Cc3ccccc3)=NO2)C1. The molecule has 5 heteroatoms. The zero-order chi connectivity index (χ0) is 16.5. The van der Waals surface area contributed by atoms with Crippen LogP contribution in [0.15, 0.2) is 35.5 Å². The Morgan fingerprint density at radius 1 is 1.26 bits per heavy atom. The van der Waals surface area contributed by atoms with Crippen LogP contribution in [0.4, 0.5) is 4.79 Å². The van der Waals surface area contributed by atoms with Crippen LogP contribution in [-0.4, -0.2) is 41.0 Å². The van der Waals surface area contributed by atoms with Gasteiger partial charge in [0.1, 0.15) is 11.3 Å². The van der Waals surface area contributed by atoms with E-state index in [0.717, 1.165) is 11.3 Å². The van der Waals surface area contributed by atoms with Gasteiger partial charge in [-0.3, -0.25) is 4.90 Å². The molecule has 1 amide bonds. The smallest absolute Gasteiger partial charge is 0.410 e. The van der Waals surface area contributed by atoms with Crippen molar-refractivity contribution in [1.82, 2.24) is 4.90 Å². The Balaban J connectivity index is 1.53. The summed E-state index contributed by atoms with van der Waals surface area (Å²) in [6.07, 6.45) is 0.321. The number of amides is 1. The van der Waals surface area contributed by atoms with E-state index in [0.29, 0.717) is 19.5 Å². The predicted octanol–water partition coefficient (Wildman–Crippen LogP) is 2.80. The summed E-state index contributed by atoms with van der Waals surface area (Å²) in [5.41, 5.74) is 0.759. The summed E-state index contributed by atoms with van der Waals surface area (Å²) in [6, 6.07) is 9.75. The summed E-state index contributed by atoms with van der Waals surface area (Å²) in [7, 11) is 0. The number of hydrogen-bond donors (Lipinski definition) is 0. The van der Waals surface area contributed by atoms with Gasteiger partial charge in [-0.1, -0.05) is 29.3 Å². The number of carbonyl (C=O) groups excluding carboxylic acids is 1. The number of carbonyl (C=O) groups is 1. The first-order chi connectivity index (χ1) is 10.9. The first-order valence-electron chi connectivity index (χ1n) is 7.65. The standard InChI is InChI=1S/C18H20N2O3/c1-17(2,3)22-16(21)20-12-18(13-20)11-15(19-23-18)10-9-14-7-5-4-6-8-14/h4-8H,11-13H2,1-3H3. The molecule has 2 aliphatic heterocycles. The third kappa shape index (κ3) is 3.65. The fourth-order valence-corrected chi connectivity index (χ4v) is 2.53. The number of rotatable bonds is 0. The molecule has 1 aromatic rings. The van der Waals surface area contributed by atoms with Crippen molar-refractivity contribution in [1.29, 1.82) is 0 Å². The number of ether oxygens (including phenoxy) is 1. The highest BCUT2D eigenvalue weighted by Crippen LogP contribution is 2.34. The maximum atomic E-state index is 12.0. The van der Waals surface area contributed by atoms with Crippen molar-refractivity contribution in [3.63, 3.8) is 0 Å². The van der Waals surface area contributed by atoms with Gasteiger partial charge in [0.2, 0.25) is 0 Å². The normalized spacial score (nSPS) is 18.4. The van der Waals surface area contributed by atoms with Crippen LogP contribution in [0.25, 0.3) is 0 Å². The molecule has 23 heavy (non-hydrogen) atoms.